The Morgan fingerprint density at radius 2 is 2.00 bits per heavy atom. The summed E-state index contributed by atoms with van der Waals surface area (Å²) in [7, 11) is 0. The zero-order valence-electron chi connectivity index (χ0n) is 12.6. The average molecular weight is 351 g/mol. The monoisotopic (exact) mass is 350 g/mol. The second kappa shape index (κ2) is 5.99. The van der Waals surface area contributed by atoms with E-state index in [9.17, 15) is 0 Å². The predicted molar refractivity (Wildman–Crippen MR) is 87.5 cm³/mol. The number of aromatic nitrogens is 2. The van der Waals surface area contributed by atoms with Gasteiger partial charge in [-0.2, -0.15) is 4.98 Å². The Morgan fingerprint density at radius 1 is 1.29 bits per heavy atom. The second-order valence-corrected chi connectivity index (χ2v) is 6.70. The lowest BCUT2D eigenvalue weighted by Gasteiger charge is -2.23. The minimum Gasteiger partial charge on any atom is -0.437 e. The lowest BCUT2D eigenvalue weighted by molar-refractivity contribution is 0.436. The maximum Gasteiger partial charge on any atom is 0.240 e. The number of nitrogens with two attached hydrogens (primary N) is 1. The van der Waals surface area contributed by atoms with E-state index in [0.717, 1.165) is 16.9 Å². The SMILES string of the molecule is Cc1ccc(C(C)(C)C)c(Oc2nc(NN)ncc2Br)c1. The van der Waals surface area contributed by atoms with Crippen molar-refractivity contribution in [2.45, 2.75) is 33.1 Å². The van der Waals surface area contributed by atoms with Gasteiger partial charge >= 0.3 is 0 Å². The van der Waals surface area contributed by atoms with E-state index in [1.165, 1.54) is 0 Å². The Morgan fingerprint density at radius 3 is 2.62 bits per heavy atom. The van der Waals surface area contributed by atoms with Crippen LogP contribution < -0.4 is 16.0 Å². The van der Waals surface area contributed by atoms with Gasteiger partial charge in [0, 0.05) is 5.56 Å². The summed E-state index contributed by atoms with van der Waals surface area (Å²) < 4.78 is 6.67. The Kier molecular flexibility index (Phi) is 4.49. The first-order chi connectivity index (χ1) is 9.81. The van der Waals surface area contributed by atoms with Crippen LogP contribution in [0.25, 0.3) is 0 Å². The molecule has 0 fully saturated rings. The van der Waals surface area contributed by atoms with E-state index in [0.29, 0.717) is 16.3 Å². The van der Waals surface area contributed by atoms with Crippen molar-refractivity contribution in [3.8, 4) is 11.6 Å². The van der Waals surface area contributed by atoms with Gasteiger partial charge in [-0.15, -0.1) is 0 Å². The molecule has 6 heteroatoms. The maximum absolute atomic E-state index is 6.00. The van der Waals surface area contributed by atoms with Gasteiger partial charge in [-0.1, -0.05) is 32.9 Å². The molecule has 0 amide bonds. The summed E-state index contributed by atoms with van der Waals surface area (Å²) in [6.45, 7) is 8.46. The van der Waals surface area contributed by atoms with Gasteiger partial charge in [0.2, 0.25) is 11.8 Å². The van der Waals surface area contributed by atoms with Crippen LogP contribution in [0, 0.1) is 6.92 Å². The molecule has 1 aromatic carbocycles. The predicted octanol–water partition coefficient (Wildman–Crippen LogP) is 3.92. The quantitative estimate of drug-likeness (QED) is 0.648. The third-order valence-corrected chi connectivity index (χ3v) is 3.54. The molecule has 1 aromatic heterocycles. The Labute approximate surface area is 133 Å². The van der Waals surface area contributed by atoms with Gasteiger partial charge in [0.1, 0.15) is 5.75 Å². The van der Waals surface area contributed by atoms with Gasteiger partial charge in [-0.3, -0.25) is 5.43 Å². The number of hydrogen-bond acceptors (Lipinski definition) is 5. The van der Waals surface area contributed by atoms with Gasteiger partial charge in [-0.25, -0.2) is 10.8 Å². The van der Waals surface area contributed by atoms with E-state index < -0.39 is 0 Å². The fourth-order valence-electron chi connectivity index (χ4n) is 1.93. The topological polar surface area (TPSA) is 73.1 Å². The van der Waals surface area contributed by atoms with Crippen LogP contribution in [0.1, 0.15) is 31.9 Å². The fourth-order valence-corrected chi connectivity index (χ4v) is 2.20. The van der Waals surface area contributed by atoms with Crippen LogP contribution in [0.3, 0.4) is 0 Å². The molecule has 0 aliphatic rings. The lowest BCUT2D eigenvalue weighted by atomic mass is 9.86. The van der Waals surface area contributed by atoms with E-state index in [1.807, 2.05) is 13.0 Å². The summed E-state index contributed by atoms with van der Waals surface area (Å²) in [5.41, 5.74) is 4.62. The standard InChI is InChI=1S/C15H19BrN4O/c1-9-5-6-10(15(2,3)4)12(7-9)21-13-11(16)8-18-14(19-13)20-17/h5-8H,17H2,1-4H3,(H,18,19,20). The second-order valence-electron chi connectivity index (χ2n) is 5.84. The zero-order chi connectivity index (χ0) is 15.6. The van der Waals surface area contributed by atoms with E-state index in [4.69, 9.17) is 10.6 Å². The van der Waals surface area contributed by atoms with Crippen molar-refractivity contribution in [1.82, 2.24) is 9.97 Å². The first kappa shape index (κ1) is 15.7. The molecule has 0 saturated carbocycles. The minimum absolute atomic E-state index is 0.0303. The highest BCUT2D eigenvalue weighted by molar-refractivity contribution is 9.10. The molecule has 1 heterocycles. The number of benzene rings is 1. The first-order valence-corrected chi connectivity index (χ1v) is 7.38. The van der Waals surface area contributed by atoms with Crippen molar-refractivity contribution in [2.24, 2.45) is 5.84 Å². The number of rotatable bonds is 3. The van der Waals surface area contributed by atoms with Crippen LogP contribution in [0.5, 0.6) is 11.6 Å². The summed E-state index contributed by atoms with van der Waals surface area (Å²) in [6, 6.07) is 6.17. The van der Waals surface area contributed by atoms with Crippen molar-refractivity contribution >= 4 is 21.9 Å². The van der Waals surface area contributed by atoms with Crippen LogP contribution >= 0.6 is 15.9 Å². The Bertz CT molecular complexity index is 653. The summed E-state index contributed by atoms with van der Waals surface area (Å²) in [5.74, 6) is 6.85. The van der Waals surface area contributed by atoms with Gasteiger partial charge in [0.15, 0.2) is 0 Å². The number of halogens is 1. The minimum atomic E-state index is -0.0303. The van der Waals surface area contributed by atoms with Gasteiger partial charge in [0.25, 0.3) is 0 Å². The molecule has 5 nitrogen and oxygen atoms in total. The number of ether oxygens (including phenoxy) is 1. The zero-order valence-corrected chi connectivity index (χ0v) is 14.2. The van der Waals surface area contributed by atoms with Crippen molar-refractivity contribution in [3.05, 3.63) is 40.0 Å². The van der Waals surface area contributed by atoms with Crippen LogP contribution in [-0.2, 0) is 5.41 Å². The highest BCUT2D eigenvalue weighted by Crippen LogP contribution is 2.36. The number of hydrogen-bond donors (Lipinski definition) is 2. The van der Waals surface area contributed by atoms with Crippen LogP contribution in [0.2, 0.25) is 0 Å². The molecule has 3 N–H and O–H groups in total. The summed E-state index contributed by atoms with van der Waals surface area (Å²) in [4.78, 5) is 8.24. The van der Waals surface area contributed by atoms with Crippen molar-refractivity contribution in [1.29, 1.82) is 0 Å². The number of nitrogen functional groups attached to an aromatic ring is 1. The smallest absolute Gasteiger partial charge is 0.240 e. The van der Waals surface area contributed by atoms with Crippen molar-refractivity contribution < 1.29 is 4.74 Å². The molecule has 0 radical (unpaired) electrons. The molecule has 0 aliphatic carbocycles. The summed E-state index contributed by atoms with van der Waals surface area (Å²) in [5, 5.41) is 0. The van der Waals surface area contributed by atoms with Gasteiger partial charge in [0.05, 0.1) is 10.7 Å². The molecular weight excluding hydrogens is 332 g/mol. The number of hydrazine groups is 1. The van der Waals surface area contributed by atoms with Gasteiger partial charge < -0.3 is 4.74 Å². The maximum atomic E-state index is 6.00. The summed E-state index contributed by atoms with van der Waals surface area (Å²) >= 11 is 3.39. The van der Waals surface area contributed by atoms with E-state index >= 15 is 0 Å². The first-order valence-electron chi connectivity index (χ1n) is 6.59. The van der Waals surface area contributed by atoms with E-state index in [1.54, 1.807) is 6.20 Å². The number of anilines is 1. The summed E-state index contributed by atoms with van der Waals surface area (Å²) in [6.07, 6.45) is 1.60. The molecule has 21 heavy (non-hydrogen) atoms. The third kappa shape index (κ3) is 3.71. The highest BCUT2D eigenvalue weighted by atomic mass is 79.9. The van der Waals surface area contributed by atoms with Crippen LogP contribution in [0.15, 0.2) is 28.9 Å². The molecule has 0 atom stereocenters. The Hall–Kier alpha value is -1.66. The molecule has 0 unspecified atom stereocenters. The number of aryl methyl sites for hydroxylation is 1. The number of nitrogens with zero attached hydrogens (tertiary/aromatic N) is 2. The molecule has 0 bridgehead atoms. The van der Waals surface area contributed by atoms with E-state index in [-0.39, 0.29) is 5.41 Å². The van der Waals surface area contributed by atoms with Crippen LogP contribution in [-0.4, -0.2) is 9.97 Å². The highest BCUT2D eigenvalue weighted by Gasteiger charge is 2.20. The molecule has 0 spiro atoms. The lowest BCUT2D eigenvalue weighted by Crippen LogP contribution is -2.13. The molecule has 2 rings (SSSR count). The molecule has 112 valence electrons. The third-order valence-electron chi connectivity index (χ3n) is 2.99. The normalized spacial score (nSPS) is 11.3. The van der Waals surface area contributed by atoms with Crippen LogP contribution in [0.4, 0.5) is 5.95 Å². The van der Waals surface area contributed by atoms with E-state index in [2.05, 4.69) is 64.2 Å². The Balaban J connectivity index is 2.46. The fraction of sp³-hybridized carbons (Fsp3) is 0.333. The molecular formula is C15H19BrN4O. The molecule has 0 saturated heterocycles. The molecule has 0 aliphatic heterocycles. The molecule has 2 aromatic rings. The van der Waals surface area contributed by atoms with Crippen molar-refractivity contribution in [2.75, 3.05) is 5.43 Å². The average Bonchev–Trinajstić information content (AvgIpc) is 2.40. The largest absolute Gasteiger partial charge is 0.437 e. The van der Waals surface area contributed by atoms with Crippen molar-refractivity contribution in [3.63, 3.8) is 0 Å². The number of nitrogens with one attached hydrogen (secondary N) is 1. The van der Waals surface area contributed by atoms with Gasteiger partial charge in [-0.05, 0) is 39.9 Å².